The lowest BCUT2D eigenvalue weighted by molar-refractivity contribution is -0.117. The molecule has 0 unspecified atom stereocenters. The van der Waals surface area contributed by atoms with Gasteiger partial charge in [-0.05, 0) is 48.9 Å². The van der Waals surface area contributed by atoms with E-state index in [4.69, 9.17) is 0 Å². The number of benzene rings is 1. The summed E-state index contributed by atoms with van der Waals surface area (Å²) in [6, 6.07) is 8.96. The van der Waals surface area contributed by atoms with Crippen LogP contribution in [0.15, 0.2) is 45.2 Å². The van der Waals surface area contributed by atoms with Crippen molar-refractivity contribution in [2.24, 2.45) is 5.92 Å². The maximum absolute atomic E-state index is 11.8. The predicted octanol–water partition coefficient (Wildman–Crippen LogP) is 2.69. The maximum Gasteiger partial charge on any atom is 0.266 e. The Morgan fingerprint density at radius 2 is 1.96 bits per heavy atom. The molecule has 2 aromatic heterocycles. The number of rotatable bonds is 7. The second-order valence-electron chi connectivity index (χ2n) is 6.40. The van der Waals surface area contributed by atoms with Crippen LogP contribution in [0.25, 0.3) is 0 Å². The van der Waals surface area contributed by atoms with Gasteiger partial charge >= 0.3 is 0 Å². The molecule has 0 radical (unpaired) electrons. The largest absolute Gasteiger partial charge is 0.326 e. The van der Waals surface area contributed by atoms with E-state index < -0.39 is 0 Å². The van der Waals surface area contributed by atoms with Gasteiger partial charge in [0.05, 0.1) is 0 Å². The van der Waals surface area contributed by atoms with Crippen molar-refractivity contribution in [1.82, 2.24) is 25.1 Å². The van der Waals surface area contributed by atoms with Gasteiger partial charge in [0.25, 0.3) is 5.56 Å². The smallest absolute Gasteiger partial charge is 0.266 e. The lowest BCUT2D eigenvalue weighted by Crippen LogP contribution is -2.12. The van der Waals surface area contributed by atoms with Crippen molar-refractivity contribution in [3.8, 4) is 0 Å². The molecule has 0 spiro atoms. The summed E-state index contributed by atoms with van der Waals surface area (Å²) < 4.78 is 0. The quantitative estimate of drug-likeness (QED) is 0.482. The number of nitrogens with one attached hydrogen (secondary N) is 4. The van der Waals surface area contributed by atoms with Gasteiger partial charge in [0, 0.05) is 29.0 Å². The van der Waals surface area contributed by atoms with Crippen LogP contribution in [0.2, 0.25) is 0 Å². The van der Waals surface area contributed by atoms with Crippen LogP contribution in [0.5, 0.6) is 0 Å². The molecule has 0 bridgehead atoms. The Hall–Kier alpha value is -3.14. The molecule has 2 heterocycles. The number of nitrogens with zero attached hydrogens (tertiary/aromatic N) is 3. The average molecular weight is 397 g/mol. The van der Waals surface area contributed by atoms with Crippen LogP contribution in [0, 0.1) is 5.92 Å². The van der Waals surface area contributed by atoms with Crippen LogP contribution in [0.4, 0.5) is 17.5 Å². The minimum absolute atomic E-state index is 0.0870. The number of anilines is 3. The fraction of sp³-hybridized carbons (Fsp3) is 0.278. The van der Waals surface area contributed by atoms with E-state index >= 15 is 0 Å². The third kappa shape index (κ3) is 4.58. The van der Waals surface area contributed by atoms with Crippen LogP contribution < -0.4 is 16.2 Å². The summed E-state index contributed by atoms with van der Waals surface area (Å²) in [5.74, 6) is 1.74. The van der Waals surface area contributed by atoms with Crippen LogP contribution in [-0.4, -0.2) is 31.1 Å². The van der Waals surface area contributed by atoms with E-state index in [-0.39, 0.29) is 17.4 Å². The predicted molar refractivity (Wildman–Crippen MR) is 106 cm³/mol. The number of carbonyl (C=O) groups is 1. The highest BCUT2D eigenvalue weighted by Crippen LogP contribution is 2.31. The lowest BCUT2D eigenvalue weighted by atomic mass is 10.3. The number of hydrogen-bond donors (Lipinski definition) is 4. The van der Waals surface area contributed by atoms with Gasteiger partial charge in [-0.3, -0.25) is 19.8 Å². The first-order chi connectivity index (χ1) is 13.6. The Morgan fingerprint density at radius 1 is 1.18 bits per heavy atom. The molecule has 9 nitrogen and oxygen atoms in total. The Bertz CT molecular complexity index is 1040. The molecule has 0 saturated heterocycles. The molecule has 28 heavy (non-hydrogen) atoms. The molecular weight excluding hydrogens is 378 g/mol. The highest BCUT2D eigenvalue weighted by atomic mass is 32.2. The normalized spacial score (nSPS) is 13.3. The van der Waals surface area contributed by atoms with Crippen molar-refractivity contribution in [1.29, 1.82) is 0 Å². The second kappa shape index (κ2) is 7.85. The van der Waals surface area contributed by atoms with Crippen molar-refractivity contribution in [3.63, 3.8) is 0 Å². The third-order valence-corrected chi connectivity index (χ3v) is 4.97. The van der Waals surface area contributed by atoms with E-state index in [1.807, 2.05) is 31.2 Å². The van der Waals surface area contributed by atoms with E-state index in [0.717, 1.165) is 23.4 Å². The Morgan fingerprint density at radius 3 is 2.61 bits per heavy atom. The van der Waals surface area contributed by atoms with Gasteiger partial charge in [0.2, 0.25) is 11.9 Å². The first-order valence-electron chi connectivity index (χ1n) is 8.97. The number of H-pyrrole nitrogens is 2. The van der Waals surface area contributed by atoms with Crippen LogP contribution in [-0.2, 0) is 11.2 Å². The van der Waals surface area contributed by atoms with E-state index in [2.05, 4.69) is 35.8 Å². The highest BCUT2D eigenvalue weighted by molar-refractivity contribution is 7.99. The van der Waals surface area contributed by atoms with Crippen molar-refractivity contribution in [2.75, 3.05) is 10.6 Å². The Kier molecular flexibility index (Phi) is 5.11. The number of amides is 1. The van der Waals surface area contributed by atoms with Crippen molar-refractivity contribution in [3.05, 3.63) is 46.5 Å². The molecule has 144 valence electrons. The van der Waals surface area contributed by atoms with Gasteiger partial charge in [0.15, 0.2) is 5.16 Å². The second-order valence-corrected chi connectivity index (χ2v) is 7.44. The lowest BCUT2D eigenvalue weighted by Gasteiger charge is -2.08. The van der Waals surface area contributed by atoms with Crippen molar-refractivity contribution >= 4 is 35.1 Å². The molecule has 4 rings (SSSR count). The molecule has 10 heteroatoms. The summed E-state index contributed by atoms with van der Waals surface area (Å²) in [5, 5.41) is 11.6. The molecule has 3 aromatic rings. The average Bonchev–Trinajstić information content (AvgIpc) is 3.46. The van der Waals surface area contributed by atoms with E-state index in [1.54, 1.807) is 0 Å². The summed E-state index contributed by atoms with van der Waals surface area (Å²) in [5.41, 5.74) is 0.542. The van der Waals surface area contributed by atoms with Crippen LogP contribution in [0.3, 0.4) is 0 Å². The van der Waals surface area contributed by atoms with E-state index in [0.29, 0.717) is 29.2 Å². The molecule has 1 amide bonds. The van der Waals surface area contributed by atoms with Gasteiger partial charge in [-0.1, -0.05) is 6.92 Å². The number of aromatic nitrogens is 5. The van der Waals surface area contributed by atoms with Crippen molar-refractivity contribution < 1.29 is 4.79 Å². The summed E-state index contributed by atoms with van der Waals surface area (Å²) in [7, 11) is 0. The fourth-order valence-electron chi connectivity index (χ4n) is 2.48. The minimum atomic E-state index is -0.240. The maximum atomic E-state index is 11.8. The number of aromatic amines is 2. The topological polar surface area (TPSA) is 128 Å². The van der Waals surface area contributed by atoms with E-state index in [1.165, 1.54) is 17.8 Å². The molecule has 4 N–H and O–H groups in total. The van der Waals surface area contributed by atoms with Gasteiger partial charge < -0.3 is 10.6 Å². The zero-order valence-corrected chi connectivity index (χ0v) is 16.0. The van der Waals surface area contributed by atoms with Gasteiger partial charge in [0.1, 0.15) is 11.6 Å². The summed E-state index contributed by atoms with van der Waals surface area (Å²) >= 11 is 1.40. The Balaban J connectivity index is 1.47. The fourth-order valence-corrected chi connectivity index (χ4v) is 3.25. The van der Waals surface area contributed by atoms with Gasteiger partial charge in [-0.2, -0.15) is 9.97 Å². The van der Waals surface area contributed by atoms with E-state index in [9.17, 15) is 9.59 Å². The summed E-state index contributed by atoms with van der Waals surface area (Å²) in [6.07, 6.45) is 2.61. The molecule has 1 aromatic carbocycles. The number of aryl methyl sites for hydroxylation is 1. The van der Waals surface area contributed by atoms with Gasteiger partial charge in [-0.15, -0.1) is 0 Å². The Labute approximate surface area is 164 Å². The molecular formula is C18H19N7O2S. The van der Waals surface area contributed by atoms with Gasteiger partial charge in [-0.25, -0.2) is 4.98 Å². The molecule has 1 saturated carbocycles. The minimum Gasteiger partial charge on any atom is -0.326 e. The monoisotopic (exact) mass is 397 g/mol. The van der Waals surface area contributed by atoms with Crippen molar-refractivity contribution in [2.45, 2.75) is 36.2 Å². The first-order valence-corrected chi connectivity index (χ1v) is 9.79. The zero-order chi connectivity index (χ0) is 19.5. The first kappa shape index (κ1) is 18.2. The molecule has 0 aliphatic heterocycles. The molecule has 0 atom stereocenters. The summed E-state index contributed by atoms with van der Waals surface area (Å²) in [6.45, 7) is 1.96. The third-order valence-electron chi connectivity index (χ3n) is 4.10. The number of carbonyl (C=O) groups excluding carboxylic acids is 1. The molecule has 1 fully saturated rings. The molecule has 1 aliphatic rings. The molecule has 1 aliphatic carbocycles. The zero-order valence-electron chi connectivity index (χ0n) is 15.2. The van der Waals surface area contributed by atoms with Crippen LogP contribution in [0.1, 0.15) is 25.6 Å². The summed E-state index contributed by atoms with van der Waals surface area (Å²) in [4.78, 5) is 37.2. The number of hydrogen-bond acceptors (Lipinski definition) is 7. The highest BCUT2D eigenvalue weighted by Gasteiger charge is 2.29. The SMILES string of the molecule is CCc1nc(Nc2cc(=O)[nH][nH]2)nc(Sc2ccc(NC(=O)C3CC3)cc2)n1. The standard InChI is InChI=1S/C18H19N7O2S/c1-2-13-20-17(21-14-9-15(26)25-24-14)23-18(22-13)28-12-7-5-11(6-8-12)19-16(27)10-3-4-10/h5-10H,2-4H2,1H3,(H,19,27)(H3,20,21,22,23,24,25,26). The van der Waals surface area contributed by atoms with Crippen LogP contribution >= 0.6 is 11.8 Å².